The van der Waals surface area contributed by atoms with Crippen molar-refractivity contribution in [2.75, 3.05) is 50.5 Å². The molecular formula is C14H21N3O2. The number of benzene rings is 1. The standard InChI is InChI=1S/C14H21N3O2/c1-3-19-10-9-17(2)14(18)11-5-4-6-12-13(11)16-8-7-15-12/h4-6,15-16H,3,7-10H2,1-2H3. The number of anilines is 2. The lowest BCUT2D eigenvalue weighted by Gasteiger charge is -2.24. The predicted octanol–water partition coefficient (Wildman–Crippen LogP) is 1.63. The Bertz CT molecular complexity index is 448. The number of likely N-dealkylation sites (N-methyl/N-ethyl adjacent to an activating group) is 1. The topological polar surface area (TPSA) is 53.6 Å². The van der Waals surface area contributed by atoms with Crippen LogP contribution in [0.15, 0.2) is 18.2 Å². The minimum absolute atomic E-state index is 0.0211. The molecule has 0 atom stereocenters. The van der Waals surface area contributed by atoms with Crippen LogP contribution in [0.25, 0.3) is 0 Å². The molecule has 2 rings (SSSR count). The number of carbonyl (C=O) groups is 1. The highest BCUT2D eigenvalue weighted by Gasteiger charge is 2.19. The normalized spacial score (nSPS) is 13.2. The molecule has 1 aromatic carbocycles. The minimum atomic E-state index is 0.0211. The van der Waals surface area contributed by atoms with Gasteiger partial charge in [-0.3, -0.25) is 4.79 Å². The molecule has 0 aliphatic carbocycles. The highest BCUT2D eigenvalue weighted by atomic mass is 16.5. The predicted molar refractivity (Wildman–Crippen MR) is 76.9 cm³/mol. The summed E-state index contributed by atoms with van der Waals surface area (Å²) in [7, 11) is 1.80. The summed E-state index contributed by atoms with van der Waals surface area (Å²) < 4.78 is 5.28. The maximum Gasteiger partial charge on any atom is 0.255 e. The number of nitrogens with zero attached hydrogens (tertiary/aromatic N) is 1. The van der Waals surface area contributed by atoms with Crippen LogP contribution < -0.4 is 10.6 Å². The molecule has 5 heteroatoms. The van der Waals surface area contributed by atoms with Gasteiger partial charge in [-0.2, -0.15) is 0 Å². The van der Waals surface area contributed by atoms with E-state index in [2.05, 4.69) is 10.6 Å². The molecule has 0 saturated carbocycles. The molecule has 0 radical (unpaired) electrons. The van der Waals surface area contributed by atoms with Gasteiger partial charge in [-0.25, -0.2) is 0 Å². The van der Waals surface area contributed by atoms with E-state index in [9.17, 15) is 4.79 Å². The van der Waals surface area contributed by atoms with E-state index >= 15 is 0 Å². The van der Waals surface area contributed by atoms with E-state index in [0.29, 0.717) is 25.3 Å². The van der Waals surface area contributed by atoms with Crippen LogP contribution in [0, 0.1) is 0 Å². The van der Waals surface area contributed by atoms with Gasteiger partial charge >= 0.3 is 0 Å². The average molecular weight is 263 g/mol. The van der Waals surface area contributed by atoms with Crippen LogP contribution >= 0.6 is 0 Å². The Hall–Kier alpha value is -1.75. The van der Waals surface area contributed by atoms with Crippen molar-refractivity contribution >= 4 is 17.3 Å². The first-order valence-electron chi connectivity index (χ1n) is 6.68. The van der Waals surface area contributed by atoms with E-state index in [1.807, 2.05) is 25.1 Å². The summed E-state index contributed by atoms with van der Waals surface area (Å²) in [6.45, 7) is 5.51. The molecular weight excluding hydrogens is 242 g/mol. The van der Waals surface area contributed by atoms with Crippen molar-refractivity contribution in [1.82, 2.24) is 4.90 Å². The zero-order valence-electron chi connectivity index (χ0n) is 11.5. The van der Waals surface area contributed by atoms with Gasteiger partial charge in [0.05, 0.1) is 23.5 Å². The highest BCUT2D eigenvalue weighted by Crippen LogP contribution is 2.28. The number of rotatable bonds is 5. The van der Waals surface area contributed by atoms with Gasteiger partial charge in [-0.15, -0.1) is 0 Å². The monoisotopic (exact) mass is 263 g/mol. The highest BCUT2D eigenvalue weighted by molar-refractivity contribution is 6.02. The lowest BCUT2D eigenvalue weighted by Crippen LogP contribution is -2.32. The third-order valence-corrected chi connectivity index (χ3v) is 3.16. The van der Waals surface area contributed by atoms with Gasteiger partial charge in [0.1, 0.15) is 0 Å². The van der Waals surface area contributed by atoms with Crippen molar-refractivity contribution in [2.45, 2.75) is 6.92 Å². The van der Waals surface area contributed by atoms with E-state index in [0.717, 1.165) is 24.5 Å². The van der Waals surface area contributed by atoms with Crippen LogP contribution in [0.1, 0.15) is 17.3 Å². The summed E-state index contributed by atoms with van der Waals surface area (Å²) in [5, 5.41) is 6.58. The first-order valence-corrected chi connectivity index (χ1v) is 6.68. The number of nitrogens with one attached hydrogen (secondary N) is 2. The van der Waals surface area contributed by atoms with Gasteiger partial charge in [0.2, 0.25) is 0 Å². The first-order chi connectivity index (χ1) is 9.24. The largest absolute Gasteiger partial charge is 0.382 e. The Morgan fingerprint density at radius 2 is 2.16 bits per heavy atom. The van der Waals surface area contributed by atoms with Gasteiger partial charge < -0.3 is 20.3 Å². The molecule has 1 aliphatic heterocycles. The summed E-state index contributed by atoms with van der Waals surface area (Å²) in [6, 6.07) is 5.75. The average Bonchev–Trinajstić information content (AvgIpc) is 2.46. The van der Waals surface area contributed by atoms with Gasteiger partial charge in [0, 0.05) is 33.3 Å². The van der Waals surface area contributed by atoms with Crippen LogP contribution in [-0.2, 0) is 4.74 Å². The second-order valence-electron chi connectivity index (χ2n) is 4.51. The number of ether oxygens (including phenoxy) is 1. The van der Waals surface area contributed by atoms with Crippen molar-refractivity contribution in [3.05, 3.63) is 23.8 Å². The number of hydrogen-bond acceptors (Lipinski definition) is 4. The smallest absolute Gasteiger partial charge is 0.255 e. The second-order valence-corrected chi connectivity index (χ2v) is 4.51. The molecule has 1 aliphatic rings. The molecule has 2 N–H and O–H groups in total. The fraction of sp³-hybridized carbons (Fsp3) is 0.500. The molecule has 0 aromatic heterocycles. The fourth-order valence-electron chi connectivity index (χ4n) is 2.11. The SMILES string of the molecule is CCOCCN(C)C(=O)c1cccc2c1NCCN2. The van der Waals surface area contributed by atoms with Crippen LogP contribution in [0.5, 0.6) is 0 Å². The van der Waals surface area contributed by atoms with Crippen molar-refractivity contribution < 1.29 is 9.53 Å². The van der Waals surface area contributed by atoms with Crippen molar-refractivity contribution in [1.29, 1.82) is 0 Å². The number of amides is 1. The zero-order valence-corrected chi connectivity index (χ0v) is 11.5. The maximum atomic E-state index is 12.4. The van der Waals surface area contributed by atoms with E-state index in [4.69, 9.17) is 4.74 Å². The Kier molecular flexibility index (Phi) is 4.63. The summed E-state index contributed by atoms with van der Waals surface area (Å²) >= 11 is 0. The number of para-hydroxylation sites is 1. The minimum Gasteiger partial charge on any atom is -0.382 e. The van der Waals surface area contributed by atoms with E-state index in [1.165, 1.54) is 0 Å². The molecule has 104 valence electrons. The van der Waals surface area contributed by atoms with Crippen molar-refractivity contribution in [3.8, 4) is 0 Å². The van der Waals surface area contributed by atoms with Crippen LogP contribution in [-0.4, -0.2) is 50.7 Å². The summed E-state index contributed by atoms with van der Waals surface area (Å²) in [4.78, 5) is 14.1. The van der Waals surface area contributed by atoms with Gasteiger partial charge in [-0.05, 0) is 19.1 Å². The van der Waals surface area contributed by atoms with Crippen LogP contribution in [0.3, 0.4) is 0 Å². The zero-order chi connectivity index (χ0) is 13.7. The molecule has 5 nitrogen and oxygen atoms in total. The number of fused-ring (bicyclic) bond motifs is 1. The third kappa shape index (κ3) is 3.17. The van der Waals surface area contributed by atoms with Crippen LogP contribution in [0.2, 0.25) is 0 Å². The quantitative estimate of drug-likeness (QED) is 0.793. The van der Waals surface area contributed by atoms with Gasteiger partial charge in [0.15, 0.2) is 0 Å². The summed E-state index contributed by atoms with van der Waals surface area (Å²) in [6.07, 6.45) is 0. The Morgan fingerprint density at radius 1 is 1.37 bits per heavy atom. The summed E-state index contributed by atoms with van der Waals surface area (Å²) in [5.41, 5.74) is 2.61. The van der Waals surface area contributed by atoms with Crippen molar-refractivity contribution in [2.24, 2.45) is 0 Å². The van der Waals surface area contributed by atoms with E-state index in [-0.39, 0.29) is 5.91 Å². The lowest BCUT2D eigenvalue weighted by molar-refractivity contribution is 0.0711. The molecule has 1 amide bonds. The Morgan fingerprint density at radius 3 is 2.95 bits per heavy atom. The van der Waals surface area contributed by atoms with Gasteiger partial charge in [-0.1, -0.05) is 6.07 Å². The molecule has 1 aromatic rings. The first kappa shape index (κ1) is 13.7. The Labute approximate surface area is 113 Å². The molecule has 0 bridgehead atoms. The summed E-state index contributed by atoms with van der Waals surface area (Å²) in [5.74, 6) is 0.0211. The number of hydrogen-bond donors (Lipinski definition) is 2. The molecule has 0 unspecified atom stereocenters. The van der Waals surface area contributed by atoms with E-state index in [1.54, 1.807) is 11.9 Å². The molecule has 0 saturated heterocycles. The van der Waals surface area contributed by atoms with Crippen LogP contribution in [0.4, 0.5) is 11.4 Å². The second kappa shape index (κ2) is 6.43. The molecule has 1 heterocycles. The van der Waals surface area contributed by atoms with E-state index < -0.39 is 0 Å². The Balaban J connectivity index is 2.10. The molecule has 0 fully saturated rings. The third-order valence-electron chi connectivity index (χ3n) is 3.16. The van der Waals surface area contributed by atoms with Crippen molar-refractivity contribution in [3.63, 3.8) is 0 Å². The molecule has 0 spiro atoms. The van der Waals surface area contributed by atoms with Gasteiger partial charge in [0.25, 0.3) is 5.91 Å². The fourth-order valence-corrected chi connectivity index (χ4v) is 2.11. The lowest BCUT2D eigenvalue weighted by atomic mass is 10.1. The maximum absolute atomic E-state index is 12.4. The number of carbonyl (C=O) groups excluding carboxylic acids is 1. The molecule has 19 heavy (non-hydrogen) atoms.